The molecule has 1 aliphatic rings. The second kappa shape index (κ2) is 8.50. The molecule has 1 aliphatic heterocycles. The maximum Gasteiger partial charge on any atom is 0.308 e. The molecule has 0 bridgehead atoms. The average molecular weight is 323 g/mol. The van der Waals surface area contributed by atoms with Gasteiger partial charge in [-0.1, -0.05) is 5.16 Å². The summed E-state index contributed by atoms with van der Waals surface area (Å²) >= 11 is 0. The number of carbonyl (C=O) groups is 1. The molecule has 0 unspecified atom stereocenters. The molecule has 0 amide bonds. The molecule has 0 atom stereocenters. The van der Waals surface area contributed by atoms with Gasteiger partial charge in [0.15, 0.2) is 11.8 Å². The zero-order chi connectivity index (χ0) is 16.7. The van der Waals surface area contributed by atoms with Gasteiger partial charge in [-0.2, -0.15) is 4.98 Å². The summed E-state index contributed by atoms with van der Waals surface area (Å²) in [4.78, 5) is 22.6. The van der Waals surface area contributed by atoms with Crippen LogP contribution in [0.15, 0.2) is 9.52 Å². The Bertz CT molecular complexity index is 535. The summed E-state index contributed by atoms with van der Waals surface area (Å²) in [5.74, 6) is 2.00. The zero-order valence-electron chi connectivity index (χ0n) is 14.0. The van der Waals surface area contributed by atoms with Crippen LogP contribution in [0.1, 0.15) is 31.5 Å². The Morgan fingerprint density at radius 2 is 2.22 bits per heavy atom. The molecule has 23 heavy (non-hydrogen) atoms. The van der Waals surface area contributed by atoms with Crippen molar-refractivity contribution in [3.05, 3.63) is 11.7 Å². The molecule has 1 N–H and O–H groups in total. The molecular formula is C15H25N5O3. The van der Waals surface area contributed by atoms with Crippen LogP contribution in [0, 0.1) is 12.8 Å². The molecule has 1 aromatic heterocycles. The van der Waals surface area contributed by atoms with Gasteiger partial charge in [-0.05, 0) is 26.7 Å². The van der Waals surface area contributed by atoms with Gasteiger partial charge >= 0.3 is 5.97 Å². The molecule has 1 aromatic rings. The number of rotatable bonds is 5. The van der Waals surface area contributed by atoms with Crippen LogP contribution in [0.4, 0.5) is 0 Å². The molecule has 0 radical (unpaired) electrons. The number of guanidine groups is 1. The number of nitrogens with zero attached hydrogens (tertiary/aromatic N) is 4. The molecule has 2 heterocycles. The summed E-state index contributed by atoms with van der Waals surface area (Å²) < 4.78 is 9.91. The minimum Gasteiger partial charge on any atom is -0.469 e. The van der Waals surface area contributed by atoms with E-state index in [0.717, 1.165) is 38.4 Å². The molecular weight excluding hydrogens is 298 g/mol. The Morgan fingerprint density at radius 3 is 2.78 bits per heavy atom. The van der Waals surface area contributed by atoms with Crippen molar-refractivity contribution in [3.8, 4) is 0 Å². The molecule has 128 valence electrons. The quantitative estimate of drug-likeness (QED) is 0.486. The largest absolute Gasteiger partial charge is 0.469 e. The lowest BCUT2D eigenvalue weighted by molar-refractivity contribution is -0.146. The Labute approximate surface area is 136 Å². The van der Waals surface area contributed by atoms with Crippen LogP contribution in [0.2, 0.25) is 0 Å². The SMILES string of the molecule is CCNC(=NCCc1nc(C)no1)N1CCC(C(=O)OC)CC1. The summed E-state index contributed by atoms with van der Waals surface area (Å²) in [6.07, 6.45) is 2.20. The highest BCUT2D eigenvalue weighted by molar-refractivity contribution is 5.80. The number of methoxy groups -OCH3 is 1. The van der Waals surface area contributed by atoms with E-state index >= 15 is 0 Å². The van der Waals surface area contributed by atoms with E-state index in [1.165, 1.54) is 7.11 Å². The fourth-order valence-corrected chi connectivity index (χ4v) is 2.62. The van der Waals surface area contributed by atoms with Crippen LogP contribution in [0.25, 0.3) is 0 Å². The standard InChI is InChI=1S/C15H25N5O3/c1-4-16-15(17-8-5-13-18-11(2)19-23-13)20-9-6-12(7-10-20)14(21)22-3/h12H,4-10H2,1-3H3,(H,16,17). The number of aryl methyl sites for hydroxylation is 1. The minimum absolute atomic E-state index is 0.000458. The summed E-state index contributed by atoms with van der Waals surface area (Å²) in [6.45, 7) is 6.82. The zero-order valence-corrected chi connectivity index (χ0v) is 14.0. The summed E-state index contributed by atoms with van der Waals surface area (Å²) in [5, 5.41) is 7.06. The van der Waals surface area contributed by atoms with Crippen molar-refractivity contribution < 1.29 is 14.1 Å². The normalized spacial score (nSPS) is 16.5. The summed E-state index contributed by atoms with van der Waals surface area (Å²) in [7, 11) is 1.44. The van der Waals surface area contributed by atoms with Gasteiger partial charge in [-0.15, -0.1) is 0 Å². The van der Waals surface area contributed by atoms with Crippen LogP contribution in [0.5, 0.6) is 0 Å². The third-order valence-electron chi connectivity index (χ3n) is 3.82. The molecule has 0 spiro atoms. The Hall–Kier alpha value is -2.12. The molecule has 0 aliphatic carbocycles. The van der Waals surface area contributed by atoms with Crippen molar-refractivity contribution in [1.82, 2.24) is 20.4 Å². The maximum absolute atomic E-state index is 11.6. The topological polar surface area (TPSA) is 92.9 Å². The van der Waals surface area contributed by atoms with Gasteiger partial charge in [0.25, 0.3) is 0 Å². The third-order valence-corrected chi connectivity index (χ3v) is 3.82. The van der Waals surface area contributed by atoms with Gasteiger partial charge < -0.3 is 19.5 Å². The minimum atomic E-state index is -0.113. The highest BCUT2D eigenvalue weighted by Gasteiger charge is 2.26. The van der Waals surface area contributed by atoms with E-state index in [-0.39, 0.29) is 11.9 Å². The van der Waals surface area contributed by atoms with Gasteiger partial charge in [0.1, 0.15) is 0 Å². The third kappa shape index (κ3) is 4.94. The lowest BCUT2D eigenvalue weighted by Crippen LogP contribution is -2.46. The van der Waals surface area contributed by atoms with Crippen molar-refractivity contribution in [2.75, 3.05) is 33.3 Å². The Morgan fingerprint density at radius 1 is 1.48 bits per heavy atom. The summed E-state index contributed by atoms with van der Waals surface area (Å²) in [6, 6.07) is 0. The molecule has 1 fully saturated rings. The first kappa shape index (κ1) is 17.2. The number of nitrogens with one attached hydrogen (secondary N) is 1. The number of likely N-dealkylation sites (tertiary alicyclic amines) is 1. The van der Waals surface area contributed by atoms with Crippen molar-refractivity contribution in [2.24, 2.45) is 10.9 Å². The summed E-state index contributed by atoms with van der Waals surface area (Å²) in [5.41, 5.74) is 0. The predicted octanol–water partition coefficient (Wildman–Crippen LogP) is 0.771. The number of esters is 1. The lowest BCUT2D eigenvalue weighted by atomic mass is 9.97. The highest BCUT2D eigenvalue weighted by atomic mass is 16.5. The van der Waals surface area contributed by atoms with E-state index in [0.29, 0.717) is 24.7 Å². The van der Waals surface area contributed by atoms with E-state index in [4.69, 9.17) is 9.26 Å². The fourth-order valence-electron chi connectivity index (χ4n) is 2.62. The van der Waals surface area contributed by atoms with E-state index in [1.807, 2.05) is 6.92 Å². The lowest BCUT2D eigenvalue weighted by Gasteiger charge is -2.33. The molecule has 1 saturated heterocycles. The average Bonchev–Trinajstić information content (AvgIpc) is 2.99. The maximum atomic E-state index is 11.6. The monoisotopic (exact) mass is 323 g/mol. The first-order valence-electron chi connectivity index (χ1n) is 8.04. The van der Waals surface area contributed by atoms with Crippen molar-refractivity contribution in [2.45, 2.75) is 33.1 Å². The Balaban J connectivity index is 1.88. The molecule has 8 heteroatoms. The number of piperidine rings is 1. The smallest absolute Gasteiger partial charge is 0.308 e. The van der Waals surface area contributed by atoms with Gasteiger partial charge in [-0.25, -0.2) is 0 Å². The Kier molecular flexibility index (Phi) is 6.37. The van der Waals surface area contributed by atoms with Crippen molar-refractivity contribution in [1.29, 1.82) is 0 Å². The van der Waals surface area contributed by atoms with E-state index < -0.39 is 0 Å². The highest BCUT2D eigenvalue weighted by Crippen LogP contribution is 2.18. The van der Waals surface area contributed by atoms with Crippen molar-refractivity contribution >= 4 is 11.9 Å². The second-order valence-corrected chi connectivity index (χ2v) is 5.51. The van der Waals surface area contributed by atoms with Gasteiger partial charge in [0.05, 0.1) is 19.6 Å². The van der Waals surface area contributed by atoms with E-state index in [9.17, 15) is 4.79 Å². The van der Waals surface area contributed by atoms with Crippen LogP contribution in [-0.2, 0) is 16.0 Å². The fraction of sp³-hybridized carbons (Fsp3) is 0.733. The number of aromatic nitrogens is 2. The van der Waals surface area contributed by atoms with Crippen LogP contribution in [0.3, 0.4) is 0 Å². The van der Waals surface area contributed by atoms with Crippen LogP contribution >= 0.6 is 0 Å². The van der Waals surface area contributed by atoms with Crippen LogP contribution < -0.4 is 5.32 Å². The molecule has 8 nitrogen and oxygen atoms in total. The second-order valence-electron chi connectivity index (χ2n) is 5.51. The number of hydrogen-bond donors (Lipinski definition) is 1. The number of hydrogen-bond acceptors (Lipinski definition) is 6. The van der Waals surface area contributed by atoms with E-state index in [1.54, 1.807) is 6.92 Å². The first-order chi connectivity index (χ1) is 11.1. The van der Waals surface area contributed by atoms with Crippen LogP contribution in [-0.4, -0.2) is 60.3 Å². The number of aliphatic imine (C=N–C) groups is 1. The first-order valence-corrected chi connectivity index (χ1v) is 8.04. The molecule has 2 rings (SSSR count). The number of ether oxygens (including phenoxy) is 1. The molecule has 0 aromatic carbocycles. The van der Waals surface area contributed by atoms with Gasteiger partial charge in [0, 0.05) is 26.1 Å². The predicted molar refractivity (Wildman–Crippen MR) is 85.0 cm³/mol. The van der Waals surface area contributed by atoms with E-state index in [2.05, 4.69) is 25.3 Å². The van der Waals surface area contributed by atoms with Gasteiger partial charge in [-0.3, -0.25) is 9.79 Å². The molecule has 0 saturated carbocycles. The number of carbonyl (C=O) groups excluding carboxylic acids is 1. The van der Waals surface area contributed by atoms with Crippen molar-refractivity contribution in [3.63, 3.8) is 0 Å². The van der Waals surface area contributed by atoms with Gasteiger partial charge in [0.2, 0.25) is 5.89 Å².